The van der Waals surface area contributed by atoms with Crippen molar-refractivity contribution in [1.29, 1.82) is 0 Å². The van der Waals surface area contributed by atoms with E-state index in [9.17, 15) is 19.0 Å². The van der Waals surface area contributed by atoms with E-state index < -0.39 is 26.5 Å². The Morgan fingerprint density at radius 2 is 0.684 bits per heavy atom. The number of esters is 2. The minimum absolute atomic E-state index is 0.0363. The second-order valence-electron chi connectivity index (χ2n) is 24.9. The van der Waals surface area contributed by atoms with E-state index in [1.165, 1.54) is 283 Å². The second kappa shape index (κ2) is 61.1. The summed E-state index contributed by atoms with van der Waals surface area (Å²) in [7, 11) is 1.50. The molecular formula is C69H135NO8P+. The molecule has 79 heavy (non-hydrogen) atoms. The first-order chi connectivity index (χ1) is 38.5. The van der Waals surface area contributed by atoms with Crippen LogP contribution in [-0.2, 0) is 32.7 Å². The first kappa shape index (κ1) is 77.5. The van der Waals surface area contributed by atoms with Gasteiger partial charge in [-0.15, -0.1) is 0 Å². The van der Waals surface area contributed by atoms with Gasteiger partial charge in [-0.05, 0) is 44.9 Å². The topological polar surface area (TPSA) is 108 Å². The minimum Gasteiger partial charge on any atom is -0.462 e. The first-order valence-electron chi connectivity index (χ1n) is 34.6. The fourth-order valence-electron chi connectivity index (χ4n) is 10.4. The summed E-state index contributed by atoms with van der Waals surface area (Å²) in [6.45, 7) is 4.49. The number of likely N-dealkylation sites (N-methyl/N-ethyl adjacent to an activating group) is 1. The second-order valence-corrected chi connectivity index (χ2v) is 26.4. The lowest BCUT2D eigenvalue weighted by Crippen LogP contribution is -2.37. The van der Waals surface area contributed by atoms with Crippen LogP contribution in [0.15, 0.2) is 24.3 Å². The third-order valence-corrected chi connectivity index (χ3v) is 16.7. The maximum Gasteiger partial charge on any atom is 0.472 e. The van der Waals surface area contributed by atoms with E-state index in [1.54, 1.807) is 0 Å². The van der Waals surface area contributed by atoms with Gasteiger partial charge in [0.1, 0.15) is 19.8 Å². The van der Waals surface area contributed by atoms with Gasteiger partial charge in [0.05, 0.1) is 27.7 Å². The van der Waals surface area contributed by atoms with Crippen LogP contribution < -0.4 is 0 Å². The third-order valence-electron chi connectivity index (χ3n) is 15.7. The number of rotatable bonds is 65. The molecule has 1 N–H and O–H groups in total. The Bertz CT molecular complexity index is 1380. The zero-order valence-corrected chi connectivity index (χ0v) is 54.3. The fourth-order valence-corrected chi connectivity index (χ4v) is 11.1. The number of quaternary nitrogens is 1. The molecule has 0 radical (unpaired) electrons. The zero-order chi connectivity index (χ0) is 57.7. The molecule has 2 unspecified atom stereocenters. The predicted octanol–water partition coefficient (Wildman–Crippen LogP) is 22.1. The van der Waals surface area contributed by atoms with Crippen molar-refractivity contribution in [2.75, 3.05) is 47.5 Å². The molecule has 0 heterocycles. The van der Waals surface area contributed by atoms with Crippen LogP contribution in [0.25, 0.3) is 0 Å². The standard InChI is InChI=1S/C69H134NO8P/c1-6-8-10-12-14-16-18-20-22-24-25-26-27-28-29-30-31-32-33-34-35-36-37-38-39-40-41-42-43-44-45-46-48-50-52-54-56-58-60-62-69(72)78-67(66-77-79(73,74)76-64-63-70(3,4)5)65-75-68(71)61-59-57-55-53-51-49-47-23-21-19-17-15-13-11-9-7-2/h18,20,24-25,67H,6-17,19,21-23,26-66H2,1-5H3/p+1/b20-18-,25-24-. The summed E-state index contributed by atoms with van der Waals surface area (Å²) in [5, 5.41) is 0. The number of hydrogen-bond acceptors (Lipinski definition) is 7. The largest absolute Gasteiger partial charge is 0.472 e. The summed E-state index contributed by atoms with van der Waals surface area (Å²) in [4.78, 5) is 35.7. The molecule has 0 aliphatic carbocycles. The summed E-state index contributed by atoms with van der Waals surface area (Å²) >= 11 is 0. The van der Waals surface area contributed by atoms with Crippen molar-refractivity contribution >= 4 is 19.8 Å². The van der Waals surface area contributed by atoms with Crippen molar-refractivity contribution < 1.29 is 42.1 Å². The molecule has 0 fully saturated rings. The fraction of sp³-hybridized carbons (Fsp3) is 0.913. The highest BCUT2D eigenvalue weighted by Crippen LogP contribution is 2.43. The number of hydrogen-bond donors (Lipinski definition) is 1. The number of ether oxygens (including phenoxy) is 2. The lowest BCUT2D eigenvalue weighted by Gasteiger charge is -2.24. The first-order valence-corrected chi connectivity index (χ1v) is 36.1. The Morgan fingerprint density at radius 3 is 1.00 bits per heavy atom. The molecule has 0 aromatic carbocycles. The van der Waals surface area contributed by atoms with Crippen molar-refractivity contribution in [3.63, 3.8) is 0 Å². The third kappa shape index (κ3) is 65.5. The molecule has 0 aromatic heterocycles. The van der Waals surface area contributed by atoms with Crippen molar-refractivity contribution in [2.24, 2.45) is 0 Å². The molecule has 0 amide bonds. The summed E-state index contributed by atoms with van der Waals surface area (Å²) in [6, 6.07) is 0. The minimum atomic E-state index is -4.38. The Hall–Kier alpha value is -1.51. The van der Waals surface area contributed by atoms with Gasteiger partial charge >= 0.3 is 19.8 Å². The molecule has 0 bridgehead atoms. The molecule has 2 atom stereocenters. The van der Waals surface area contributed by atoms with Gasteiger partial charge < -0.3 is 18.9 Å². The highest BCUT2D eigenvalue weighted by atomic mass is 31.2. The van der Waals surface area contributed by atoms with Gasteiger partial charge in [0.15, 0.2) is 6.10 Å². The number of nitrogens with zero attached hydrogens (tertiary/aromatic N) is 1. The number of carbonyl (C=O) groups is 2. The Morgan fingerprint density at radius 1 is 0.392 bits per heavy atom. The summed E-state index contributed by atoms with van der Waals surface area (Å²) in [5.41, 5.74) is 0. The number of carbonyl (C=O) groups excluding carboxylic acids is 2. The molecule has 0 saturated heterocycles. The molecule has 9 nitrogen and oxygen atoms in total. The van der Waals surface area contributed by atoms with E-state index in [0.29, 0.717) is 17.4 Å². The van der Waals surface area contributed by atoms with Crippen LogP contribution in [0.2, 0.25) is 0 Å². The maximum atomic E-state index is 12.8. The summed E-state index contributed by atoms with van der Waals surface area (Å²) in [5.74, 6) is -0.774. The van der Waals surface area contributed by atoms with E-state index in [0.717, 1.165) is 44.9 Å². The zero-order valence-electron chi connectivity index (χ0n) is 53.4. The molecule has 0 aliphatic rings. The average Bonchev–Trinajstić information content (AvgIpc) is 3.41. The van der Waals surface area contributed by atoms with Crippen molar-refractivity contribution in [3.8, 4) is 0 Å². The number of phosphoric ester groups is 1. The van der Waals surface area contributed by atoms with Gasteiger partial charge in [0.2, 0.25) is 0 Å². The van der Waals surface area contributed by atoms with E-state index in [2.05, 4.69) is 38.2 Å². The van der Waals surface area contributed by atoms with Gasteiger partial charge in [0, 0.05) is 12.8 Å². The lowest BCUT2D eigenvalue weighted by atomic mass is 10.0. The van der Waals surface area contributed by atoms with Crippen LogP contribution in [0.3, 0.4) is 0 Å². The maximum absolute atomic E-state index is 12.8. The molecule has 0 rings (SSSR count). The van der Waals surface area contributed by atoms with E-state index in [4.69, 9.17) is 18.5 Å². The van der Waals surface area contributed by atoms with Crippen molar-refractivity contribution in [1.82, 2.24) is 0 Å². The quantitative estimate of drug-likeness (QED) is 0.0211. The van der Waals surface area contributed by atoms with Crippen molar-refractivity contribution in [3.05, 3.63) is 24.3 Å². The molecule has 0 aliphatic heterocycles. The number of phosphoric acid groups is 1. The molecule has 0 aromatic rings. The highest BCUT2D eigenvalue weighted by molar-refractivity contribution is 7.47. The highest BCUT2D eigenvalue weighted by Gasteiger charge is 2.27. The summed E-state index contributed by atoms with van der Waals surface area (Å²) in [6.07, 6.45) is 75.8. The van der Waals surface area contributed by atoms with Crippen LogP contribution in [-0.4, -0.2) is 74.9 Å². The van der Waals surface area contributed by atoms with Crippen LogP contribution in [0.1, 0.15) is 354 Å². The van der Waals surface area contributed by atoms with Gasteiger partial charge in [0.25, 0.3) is 0 Å². The summed E-state index contributed by atoms with van der Waals surface area (Å²) < 4.78 is 34.7. The van der Waals surface area contributed by atoms with Crippen molar-refractivity contribution in [2.45, 2.75) is 360 Å². The van der Waals surface area contributed by atoms with E-state index in [-0.39, 0.29) is 25.6 Å². The van der Waals surface area contributed by atoms with Gasteiger partial charge in [-0.3, -0.25) is 18.6 Å². The number of unbranched alkanes of at least 4 members (excludes halogenated alkanes) is 47. The average molecular weight is 1140 g/mol. The van der Waals surface area contributed by atoms with Gasteiger partial charge in [-0.25, -0.2) is 4.57 Å². The van der Waals surface area contributed by atoms with Gasteiger partial charge in [-0.2, -0.15) is 0 Å². The van der Waals surface area contributed by atoms with Crippen LogP contribution in [0.5, 0.6) is 0 Å². The van der Waals surface area contributed by atoms with Crippen LogP contribution in [0.4, 0.5) is 0 Å². The SMILES string of the molecule is CCCCCCC/C=C\C/C=C\CCCCCCCCCCCCCCCCCCCCCCCCCCCCCC(=O)OC(COC(=O)CCCCCCCCCCCCCCCCCC)COP(=O)(O)OCC[N+](C)(C)C. The molecular weight excluding hydrogens is 1000 g/mol. The Labute approximate surface area is 491 Å². The Balaban J connectivity index is 3.87. The Kier molecular flexibility index (Phi) is 59.9. The molecule has 468 valence electrons. The van der Waals surface area contributed by atoms with Gasteiger partial charge in [-0.1, -0.05) is 321 Å². The lowest BCUT2D eigenvalue weighted by molar-refractivity contribution is -0.870. The predicted molar refractivity (Wildman–Crippen MR) is 340 cm³/mol. The normalized spacial score (nSPS) is 13.2. The van der Waals surface area contributed by atoms with Crippen LogP contribution in [0, 0.1) is 0 Å². The smallest absolute Gasteiger partial charge is 0.462 e. The molecule has 0 saturated carbocycles. The van der Waals surface area contributed by atoms with Crippen LogP contribution >= 0.6 is 7.82 Å². The monoisotopic (exact) mass is 1140 g/mol. The van der Waals surface area contributed by atoms with E-state index in [1.807, 2.05) is 21.1 Å². The molecule has 10 heteroatoms. The van der Waals surface area contributed by atoms with E-state index >= 15 is 0 Å². The number of allylic oxidation sites excluding steroid dienone is 4. The molecule has 0 spiro atoms.